The van der Waals surface area contributed by atoms with Gasteiger partial charge in [0.05, 0.1) is 11.9 Å². The number of thioether (sulfide) groups is 1. The first kappa shape index (κ1) is 24.3. The van der Waals surface area contributed by atoms with Crippen LogP contribution in [0, 0.1) is 0 Å². The molecule has 0 radical (unpaired) electrons. The fourth-order valence-corrected chi connectivity index (χ4v) is 4.53. The predicted octanol–water partition coefficient (Wildman–Crippen LogP) is 4.33. The Morgan fingerprint density at radius 1 is 1.03 bits per heavy atom. The van der Waals surface area contributed by atoms with Gasteiger partial charge in [-0.2, -0.15) is 11.8 Å². The molecule has 2 aromatic carbocycles. The van der Waals surface area contributed by atoms with Crippen LogP contribution in [-0.2, 0) is 9.53 Å². The number of hydrogen-bond donors (Lipinski definition) is 2. The summed E-state index contributed by atoms with van der Waals surface area (Å²) in [6.07, 6.45) is 2.60. The smallest absolute Gasteiger partial charge is 0.411 e. The number of benzene rings is 2. The van der Waals surface area contributed by atoms with Gasteiger partial charge in [0.15, 0.2) is 0 Å². The van der Waals surface area contributed by atoms with Crippen LogP contribution in [0.2, 0.25) is 0 Å². The van der Waals surface area contributed by atoms with E-state index in [1.54, 1.807) is 0 Å². The number of carbonyl (C=O) groups is 3. The van der Waals surface area contributed by atoms with E-state index >= 15 is 0 Å². The molecule has 1 aromatic heterocycles. The van der Waals surface area contributed by atoms with Crippen LogP contribution in [-0.4, -0.2) is 64.7 Å². The highest BCUT2D eigenvalue weighted by Crippen LogP contribution is 2.44. The van der Waals surface area contributed by atoms with Crippen molar-refractivity contribution < 1.29 is 24.2 Å². The van der Waals surface area contributed by atoms with Gasteiger partial charge in [-0.1, -0.05) is 48.5 Å². The van der Waals surface area contributed by atoms with Crippen molar-refractivity contribution in [3.05, 3.63) is 83.7 Å². The van der Waals surface area contributed by atoms with E-state index in [1.165, 1.54) is 35.0 Å². The van der Waals surface area contributed by atoms with E-state index in [0.29, 0.717) is 18.0 Å². The highest BCUT2D eigenvalue weighted by molar-refractivity contribution is 7.98. The second-order valence-corrected chi connectivity index (χ2v) is 8.98. The number of amides is 2. The molecule has 9 heteroatoms. The Kier molecular flexibility index (Phi) is 7.67. The number of ether oxygens (including phenoxy) is 1. The van der Waals surface area contributed by atoms with Crippen LogP contribution in [0.1, 0.15) is 27.5 Å². The zero-order chi connectivity index (χ0) is 24.8. The number of carboxylic acids is 1. The maximum Gasteiger partial charge on any atom is 0.411 e. The second kappa shape index (κ2) is 11.1. The van der Waals surface area contributed by atoms with E-state index in [4.69, 9.17) is 9.84 Å². The van der Waals surface area contributed by atoms with Crippen molar-refractivity contribution >= 4 is 35.4 Å². The van der Waals surface area contributed by atoms with E-state index in [2.05, 4.69) is 22.4 Å². The van der Waals surface area contributed by atoms with Crippen LogP contribution in [0.15, 0.2) is 66.9 Å². The van der Waals surface area contributed by atoms with Crippen molar-refractivity contribution in [1.29, 1.82) is 0 Å². The maximum atomic E-state index is 12.6. The van der Waals surface area contributed by atoms with Crippen molar-refractivity contribution in [2.45, 2.75) is 5.92 Å². The third-order valence-corrected chi connectivity index (χ3v) is 6.34. The molecule has 35 heavy (non-hydrogen) atoms. The van der Waals surface area contributed by atoms with Gasteiger partial charge in [-0.25, -0.2) is 9.78 Å². The van der Waals surface area contributed by atoms with Gasteiger partial charge in [-0.05, 0) is 40.6 Å². The van der Waals surface area contributed by atoms with Gasteiger partial charge in [0.1, 0.15) is 18.8 Å². The lowest BCUT2D eigenvalue weighted by atomic mass is 9.98. The number of nitrogens with one attached hydrogen (secondary N) is 1. The predicted molar refractivity (Wildman–Crippen MR) is 135 cm³/mol. The Morgan fingerprint density at radius 2 is 1.69 bits per heavy atom. The average molecular weight is 492 g/mol. The molecule has 1 aliphatic carbocycles. The zero-order valence-electron chi connectivity index (χ0n) is 19.1. The number of nitrogens with zero attached hydrogens (tertiary/aromatic N) is 2. The summed E-state index contributed by atoms with van der Waals surface area (Å²) in [5.41, 5.74) is 5.02. The quantitative estimate of drug-likeness (QED) is 0.458. The number of aromatic nitrogens is 1. The summed E-state index contributed by atoms with van der Waals surface area (Å²) in [5, 5.41) is 11.7. The molecule has 0 bridgehead atoms. The Morgan fingerprint density at radius 3 is 2.26 bits per heavy atom. The van der Waals surface area contributed by atoms with Crippen LogP contribution < -0.4 is 5.32 Å². The number of carbonyl (C=O) groups excluding carboxylic acids is 2. The highest BCUT2D eigenvalue weighted by Gasteiger charge is 2.29. The Balaban J connectivity index is 1.37. The molecule has 0 unspecified atom stereocenters. The van der Waals surface area contributed by atoms with E-state index < -0.39 is 24.5 Å². The number of fused-ring (bicyclic) bond motifs is 3. The molecule has 1 heterocycles. The molecule has 180 valence electrons. The van der Waals surface area contributed by atoms with Gasteiger partial charge in [-0.15, -0.1) is 0 Å². The lowest BCUT2D eigenvalue weighted by Gasteiger charge is -2.19. The molecule has 0 spiro atoms. The summed E-state index contributed by atoms with van der Waals surface area (Å²) in [6, 6.07) is 19.2. The molecule has 1 aliphatic rings. The minimum atomic E-state index is -1.09. The first-order chi connectivity index (χ1) is 17.0. The highest BCUT2D eigenvalue weighted by atomic mass is 32.2. The zero-order valence-corrected chi connectivity index (χ0v) is 20.0. The third-order valence-electron chi connectivity index (χ3n) is 5.75. The minimum absolute atomic E-state index is 0.0484. The van der Waals surface area contributed by atoms with E-state index in [9.17, 15) is 14.4 Å². The van der Waals surface area contributed by atoms with Crippen LogP contribution in [0.25, 0.3) is 11.1 Å². The average Bonchev–Trinajstić information content (AvgIpc) is 3.19. The van der Waals surface area contributed by atoms with Crippen molar-refractivity contribution in [2.75, 3.05) is 37.0 Å². The van der Waals surface area contributed by atoms with Crippen molar-refractivity contribution in [1.82, 2.24) is 9.88 Å². The monoisotopic (exact) mass is 491 g/mol. The Hall–Kier alpha value is -3.85. The van der Waals surface area contributed by atoms with E-state index in [-0.39, 0.29) is 18.2 Å². The Bertz CT molecular complexity index is 1190. The summed E-state index contributed by atoms with van der Waals surface area (Å²) in [5.74, 6) is -1.00. The number of pyridine rings is 1. The molecule has 0 fully saturated rings. The van der Waals surface area contributed by atoms with Gasteiger partial charge in [0, 0.05) is 18.2 Å². The lowest BCUT2D eigenvalue weighted by molar-refractivity contribution is -0.137. The molecule has 0 saturated heterocycles. The van der Waals surface area contributed by atoms with Crippen molar-refractivity contribution in [3.8, 4) is 11.1 Å². The normalized spacial score (nSPS) is 11.9. The minimum Gasteiger partial charge on any atom is -0.480 e. The second-order valence-electron chi connectivity index (χ2n) is 8.00. The molecule has 2 amide bonds. The van der Waals surface area contributed by atoms with Crippen LogP contribution >= 0.6 is 11.8 Å². The molecule has 0 aliphatic heterocycles. The number of aliphatic carboxylic acids is 1. The lowest BCUT2D eigenvalue weighted by Crippen LogP contribution is -2.37. The molecule has 0 saturated carbocycles. The Labute approximate surface area is 207 Å². The molecular weight excluding hydrogens is 466 g/mol. The fraction of sp³-hybridized carbons (Fsp3) is 0.231. The van der Waals surface area contributed by atoms with Crippen LogP contribution in [0.5, 0.6) is 0 Å². The van der Waals surface area contributed by atoms with Gasteiger partial charge >= 0.3 is 12.1 Å². The number of hydrogen-bond acceptors (Lipinski definition) is 6. The molecule has 3 aromatic rings. The SMILES string of the molecule is CSCCN(CC(=O)O)C(=O)c1ccc(NC(=O)OCC2c3ccccc3-c3ccccc32)cn1. The number of carboxylic acid groups (broad SMARTS) is 1. The number of anilines is 1. The fourth-order valence-electron chi connectivity index (χ4n) is 4.13. The van der Waals surface area contributed by atoms with Gasteiger partial charge in [0.2, 0.25) is 0 Å². The number of rotatable bonds is 9. The van der Waals surface area contributed by atoms with E-state index in [1.807, 2.05) is 42.7 Å². The first-order valence-electron chi connectivity index (χ1n) is 11.1. The van der Waals surface area contributed by atoms with Crippen molar-refractivity contribution in [3.63, 3.8) is 0 Å². The summed E-state index contributed by atoms with van der Waals surface area (Å²) in [7, 11) is 0. The summed E-state index contributed by atoms with van der Waals surface area (Å²) < 4.78 is 5.53. The molecular formula is C26H25N3O5S. The molecule has 2 N–H and O–H groups in total. The van der Waals surface area contributed by atoms with Crippen LogP contribution in [0.4, 0.5) is 10.5 Å². The summed E-state index contributed by atoms with van der Waals surface area (Å²) in [4.78, 5) is 41.5. The maximum absolute atomic E-state index is 12.6. The van der Waals surface area contributed by atoms with Gasteiger partial charge in [0.25, 0.3) is 5.91 Å². The first-order valence-corrected chi connectivity index (χ1v) is 12.5. The van der Waals surface area contributed by atoms with Gasteiger partial charge in [-0.3, -0.25) is 14.9 Å². The third kappa shape index (κ3) is 5.63. The molecule has 8 nitrogen and oxygen atoms in total. The standard InChI is InChI=1S/C26H25N3O5S/c1-35-13-12-29(15-24(30)31)25(32)23-11-10-17(14-27-23)28-26(33)34-16-22-20-8-4-2-6-18(20)19-7-3-5-9-21(19)22/h2-11,14,22H,12-13,15-16H2,1H3,(H,28,33)(H,30,31). The topological polar surface area (TPSA) is 109 Å². The van der Waals surface area contributed by atoms with Gasteiger partial charge < -0.3 is 14.7 Å². The van der Waals surface area contributed by atoms with Crippen molar-refractivity contribution in [2.24, 2.45) is 0 Å². The van der Waals surface area contributed by atoms with Crippen LogP contribution in [0.3, 0.4) is 0 Å². The molecule has 0 atom stereocenters. The molecule has 4 rings (SSSR count). The largest absolute Gasteiger partial charge is 0.480 e. The summed E-state index contributed by atoms with van der Waals surface area (Å²) in [6.45, 7) is 0.0814. The van der Waals surface area contributed by atoms with E-state index in [0.717, 1.165) is 22.3 Å². The summed E-state index contributed by atoms with van der Waals surface area (Å²) >= 11 is 1.52.